The van der Waals surface area contributed by atoms with E-state index in [4.69, 9.17) is 0 Å². The summed E-state index contributed by atoms with van der Waals surface area (Å²) in [7, 11) is 0. The lowest BCUT2D eigenvalue weighted by Gasteiger charge is -2.21. The van der Waals surface area contributed by atoms with E-state index in [0.717, 1.165) is 26.1 Å². The van der Waals surface area contributed by atoms with E-state index in [9.17, 15) is 9.59 Å². The van der Waals surface area contributed by atoms with Crippen LogP contribution in [-0.2, 0) is 11.3 Å². The Morgan fingerprint density at radius 3 is 2.73 bits per heavy atom. The molecular weight excluding hydrogens is 316 g/mol. The molecule has 1 aliphatic heterocycles. The summed E-state index contributed by atoms with van der Waals surface area (Å²) >= 11 is 3.03. The van der Waals surface area contributed by atoms with Crippen molar-refractivity contribution in [2.45, 2.75) is 13.0 Å². The van der Waals surface area contributed by atoms with Crippen LogP contribution in [0.2, 0.25) is 0 Å². The fourth-order valence-corrected chi connectivity index (χ4v) is 3.94. The fourth-order valence-electron chi connectivity index (χ4n) is 2.63. The highest BCUT2D eigenvalue weighted by Crippen LogP contribution is 2.14. The van der Waals surface area contributed by atoms with Gasteiger partial charge in [0.1, 0.15) is 0 Å². The number of thiophene rings is 2. The smallest absolute Gasteiger partial charge is 0.295 e. The van der Waals surface area contributed by atoms with Gasteiger partial charge in [0, 0.05) is 32.7 Å². The maximum Gasteiger partial charge on any atom is 0.295 e. The second kappa shape index (κ2) is 7.17. The van der Waals surface area contributed by atoms with Gasteiger partial charge in [0.05, 0.1) is 4.88 Å². The van der Waals surface area contributed by atoms with Gasteiger partial charge < -0.3 is 4.90 Å². The lowest BCUT2D eigenvalue weighted by molar-refractivity contribution is -0.126. The lowest BCUT2D eigenvalue weighted by atomic mass is 10.2. The maximum absolute atomic E-state index is 12.3. The van der Waals surface area contributed by atoms with Gasteiger partial charge in [-0.05, 0) is 40.3 Å². The minimum absolute atomic E-state index is 0.361. The summed E-state index contributed by atoms with van der Waals surface area (Å²) in [4.78, 5) is 29.1. The highest BCUT2D eigenvalue weighted by Gasteiger charge is 2.25. The Labute approximate surface area is 138 Å². The molecule has 2 aromatic rings. The van der Waals surface area contributed by atoms with Crippen LogP contribution in [0.3, 0.4) is 0 Å². The fraction of sp³-hybridized carbons (Fsp3) is 0.375. The van der Waals surface area contributed by atoms with Gasteiger partial charge in [0.25, 0.3) is 11.7 Å². The van der Waals surface area contributed by atoms with Crippen LogP contribution in [0.5, 0.6) is 0 Å². The number of hydrogen-bond acceptors (Lipinski definition) is 5. The molecule has 2 aromatic heterocycles. The Kier molecular flexibility index (Phi) is 5.02. The van der Waals surface area contributed by atoms with Crippen molar-refractivity contribution in [1.82, 2.24) is 9.80 Å². The van der Waals surface area contributed by atoms with Crippen molar-refractivity contribution in [2.24, 2.45) is 0 Å². The molecule has 0 aromatic carbocycles. The molecule has 0 spiro atoms. The molecule has 1 aliphatic rings. The van der Waals surface area contributed by atoms with Gasteiger partial charge in [0.15, 0.2) is 0 Å². The zero-order valence-electron chi connectivity index (χ0n) is 12.2. The Bertz CT molecular complexity index is 623. The van der Waals surface area contributed by atoms with Crippen molar-refractivity contribution in [3.8, 4) is 0 Å². The van der Waals surface area contributed by atoms with Crippen molar-refractivity contribution in [2.75, 3.05) is 26.2 Å². The van der Waals surface area contributed by atoms with E-state index in [0.29, 0.717) is 18.0 Å². The molecule has 0 atom stereocenters. The first-order valence-electron chi connectivity index (χ1n) is 7.34. The number of ketones is 1. The number of carbonyl (C=O) groups excluding carboxylic acids is 2. The van der Waals surface area contributed by atoms with Crippen molar-refractivity contribution in [3.63, 3.8) is 0 Å². The van der Waals surface area contributed by atoms with E-state index in [2.05, 4.69) is 21.7 Å². The highest BCUT2D eigenvalue weighted by molar-refractivity contribution is 7.13. The zero-order valence-corrected chi connectivity index (χ0v) is 13.9. The SMILES string of the molecule is O=C(C(=O)N1CCCN(Cc2ccsc2)CC1)c1cccs1. The molecule has 3 heterocycles. The molecule has 0 unspecified atom stereocenters. The van der Waals surface area contributed by atoms with Gasteiger partial charge in [-0.2, -0.15) is 11.3 Å². The third-order valence-electron chi connectivity index (χ3n) is 3.80. The van der Waals surface area contributed by atoms with Gasteiger partial charge in [-0.3, -0.25) is 14.5 Å². The monoisotopic (exact) mass is 334 g/mol. The summed E-state index contributed by atoms with van der Waals surface area (Å²) in [5, 5.41) is 6.07. The molecule has 0 bridgehead atoms. The van der Waals surface area contributed by atoms with E-state index >= 15 is 0 Å². The van der Waals surface area contributed by atoms with E-state index in [1.807, 2.05) is 5.38 Å². The Morgan fingerprint density at radius 2 is 2.00 bits per heavy atom. The summed E-state index contributed by atoms with van der Waals surface area (Å²) in [6.07, 6.45) is 0.910. The number of rotatable bonds is 4. The molecule has 0 radical (unpaired) electrons. The van der Waals surface area contributed by atoms with Gasteiger partial charge in [-0.15, -0.1) is 11.3 Å². The highest BCUT2D eigenvalue weighted by atomic mass is 32.1. The van der Waals surface area contributed by atoms with E-state index in [-0.39, 0.29) is 11.7 Å². The Balaban J connectivity index is 1.58. The van der Waals surface area contributed by atoms with Crippen LogP contribution in [-0.4, -0.2) is 47.7 Å². The van der Waals surface area contributed by atoms with Gasteiger partial charge in [0.2, 0.25) is 0 Å². The van der Waals surface area contributed by atoms with Crippen LogP contribution >= 0.6 is 22.7 Å². The molecule has 22 heavy (non-hydrogen) atoms. The first-order valence-corrected chi connectivity index (χ1v) is 9.17. The molecule has 1 fully saturated rings. The standard InChI is InChI=1S/C16H18N2O2S2/c19-15(14-3-1-9-22-14)16(20)18-6-2-5-17(7-8-18)11-13-4-10-21-12-13/h1,3-4,9-10,12H,2,5-8,11H2. The molecule has 0 aliphatic carbocycles. The van der Waals surface area contributed by atoms with Gasteiger partial charge in [-0.25, -0.2) is 0 Å². The van der Waals surface area contributed by atoms with Crippen molar-refractivity contribution in [1.29, 1.82) is 0 Å². The minimum Gasteiger partial charge on any atom is -0.334 e. The van der Waals surface area contributed by atoms with Crippen LogP contribution in [0.15, 0.2) is 34.3 Å². The summed E-state index contributed by atoms with van der Waals surface area (Å²) in [6, 6.07) is 5.65. The lowest BCUT2D eigenvalue weighted by Crippen LogP contribution is -2.39. The quantitative estimate of drug-likeness (QED) is 0.638. The number of Topliss-reactive ketones (excluding diaryl/α,β-unsaturated/α-hetero) is 1. The normalized spacial score (nSPS) is 16.5. The number of nitrogens with zero attached hydrogens (tertiary/aromatic N) is 2. The maximum atomic E-state index is 12.3. The van der Waals surface area contributed by atoms with Crippen molar-refractivity contribution < 1.29 is 9.59 Å². The molecule has 1 saturated heterocycles. The van der Waals surface area contributed by atoms with E-state index in [1.54, 1.807) is 28.4 Å². The van der Waals surface area contributed by atoms with Crippen LogP contribution in [0.4, 0.5) is 0 Å². The number of amides is 1. The average Bonchev–Trinajstić information content (AvgIpc) is 3.18. The van der Waals surface area contributed by atoms with Crippen LogP contribution < -0.4 is 0 Å². The molecule has 6 heteroatoms. The van der Waals surface area contributed by atoms with Gasteiger partial charge in [-0.1, -0.05) is 6.07 Å². The Morgan fingerprint density at radius 1 is 1.09 bits per heavy atom. The minimum atomic E-state index is -0.374. The van der Waals surface area contributed by atoms with E-state index in [1.165, 1.54) is 16.9 Å². The van der Waals surface area contributed by atoms with Crippen LogP contribution in [0, 0.1) is 0 Å². The summed E-state index contributed by atoms with van der Waals surface area (Å²) in [5.41, 5.74) is 1.32. The van der Waals surface area contributed by atoms with Crippen molar-refractivity contribution in [3.05, 3.63) is 44.8 Å². The molecule has 3 rings (SSSR count). The van der Waals surface area contributed by atoms with Crippen molar-refractivity contribution >= 4 is 34.4 Å². The molecule has 0 saturated carbocycles. The largest absolute Gasteiger partial charge is 0.334 e. The van der Waals surface area contributed by atoms with E-state index < -0.39 is 0 Å². The predicted octanol–water partition coefficient (Wildman–Crippen LogP) is 2.73. The van der Waals surface area contributed by atoms with Crippen LogP contribution in [0.1, 0.15) is 21.7 Å². The summed E-state index contributed by atoms with van der Waals surface area (Å²) < 4.78 is 0. The molecule has 116 valence electrons. The number of carbonyl (C=O) groups is 2. The third kappa shape index (κ3) is 3.63. The summed E-state index contributed by atoms with van der Waals surface area (Å²) in [5.74, 6) is -0.735. The molecule has 1 amide bonds. The third-order valence-corrected chi connectivity index (χ3v) is 5.40. The van der Waals surface area contributed by atoms with Crippen LogP contribution in [0.25, 0.3) is 0 Å². The molecule has 4 nitrogen and oxygen atoms in total. The second-order valence-electron chi connectivity index (χ2n) is 5.36. The Hall–Kier alpha value is -1.50. The summed E-state index contributed by atoms with van der Waals surface area (Å²) in [6.45, 7) is 3.99. The molecular formula is C16H18N2O2S2. The molecule has 0 N–H and O–H groups in total. The van der Waals surface area contributed by atoms with Gasteiger partial charge >= 0.3 is 0 Å². The predicted molar refractivity (Wildman–Crippen MR) is 89.4 cm³/mol. The first-order chi connectivity index (χ1) is 10.7. The topological polar surface area (TPSA) is 40.6 Å². The average molecular weight is 334 g/mol. The zero-order chi connectivity index (χ0) is 15.4. The number of hydrogen-bond donors (Lipinski definition) is 0. The first kappa shape index (κ1) is 15.4. The second-order valence-corrected chi connectivity index (χ2v) is 7.09.